The van der Waals surface area contributed by atoms with E-state index in [0.29, 0.717) is 0 Å². The van der Waals surface area contributed by atoms with Gasteiger partial charge in [-0.25, -0.2) is 0 Å². The van der Waals surface area contributed by atoms with Gasteiger partial charge in [-0.1, -0.05) is 18.2 Å². The Bertz CT molecular complexity index is 639. The van der Waals surface area contributed by atoms with Gasteiger partial charge in [0, 0.05) is 6.54 Å². The first-order chi connectivity index (χ1) is 11.9. The minimum atomic E-state index is 0. The average Bonchev–Trinajstić information content (AvgIpc) is 2.65. The summed E-state index contributed by atoms with van der Waals surface area (Å²) in [6.45, 7) is 4.71. The number of benzene rings is 2. The molecule has 3 heterocycles. The lowest BCUT2D eigenvalue weighted by molar-refractivity contribution is 0.0397. The molecule has 3 fully saturated rings. The third-order valence-electron chi connectivity index (χ3n) is 5.35. The average molecular weight is 360 g/mol. The van der Waals surface area contributed by atoms with Crippen molar-refractivity contribution in [3.8, 4) is 17.2 Å². The zero-order valence-corrected chi connectivity index (χ0v) is 15.3. The van der Waals surface area contributed by atoms with Crippen molar-refractivity contribution in [1.29, 1.82) is 0 Å². The first kappa shape index (κ1) is 18.1. The first-order valence-corrected chi connectivity index (χ1v) is 9.05. The Morgan fingerprint density at radius 1 is 0.840 bits per heavy atom. The molecule has 5 rings (SSSR count). The first-order valence-electron chi connectivity index (χ1n) is 9.05. The van der Waals surface area contributed by atoms with E-state index in [9.17, 15) is 0 Å². The van der Waals surface area contributed by atoms with Crippen LogP contribution in [0.15, 0.2) is 54.6 Å². The normalized spacial score (nSPS) is 24.4. The summed E-state index contributed by atoms with van der Waals surface area (Å²) in [6.07, 6.45) is 3.94. The molecule has 2 bridgehead atoms. The lowest BCUT2D eigenvalue weighted by Crippen LogP contribution is -2.47. The van der Waals surface area contributed by atoms with Crippen LogP contribution >= 0.6 is 12.4 Å². The highest BCUT2D eigenvalue weighted by molar-refractivity contribution is 5.85. The number of para-hydroxylation sites is 1. The van der Waals surface area contributed by atoms with Crippen LogP contribution in [0.1, 0.15) is 19.3 Å². The summed E-state index contributed by atoms with van der Waals surface area (Å²) in [5, 5.41) is 0. The molecule has 0 aliphatic carbocycles. The van der Waals surface area contributed by atoms with Gasteiger partial charge in [0.25, 0.3) is 0 Å². The molecule has 3 aliphatic heterocycles. The van der Waals surface area contributed by atoms with Crippen molar-refractivity contribution in [2.24, 2.45) is 11.8 Å². The molecule has 0 aromatic heterocycles. The zero-order chi connectivity index (χ0) is 16.2. The number of rotatable bonds is 6. The maximum absolute atomic E-state index is 5.95. The SMILES string of the molecule is Cl.c1ccc(Oc2ccc(OCCC3CN4CCC3CC4)cc2)cc1. The number of piperidine rings is 3. The number of ether oxygens (including phenoxy) is 2. The van der Waals surface area contributed by atoms with E-state index in [1.807, 2.05) is 54.6 Å². The van der Waals surface area contributed by atoms with Crippen molar-refractivity contribution in [2.75, 3.05) is 26.2 Å². The van der Waals surface area contributed by atoms with Gasteiger partial charge in [0.2, 0.25) is 0 Å². The quantitative estimate of drug-likeness (QED) is 0.723. The molecular formula is C21H26ClNO2. The Labute approximate surface area is 156 Å². The molecule has 3 saturated heterocycles. The van der Waals surface area contributed by atoms with Gasteiger partial charge in [0.15, 0.2) is 0 Å². The fraction of sp³-hybridized carbons (Fsp3) is 0.429. The molecule has 134 valence electrons. The third kappa shape index (κ3) is 4.68. The molecule has 1 atom stereocenters. The van der Waals surface area contributed by atoms with E-state index in [4.69, 9.17) is 9.47 Å². The lowest BCUT2D eigenvalue weighted by atomic mass is 9.78. The molecule has 0 radical (unpaired) electrons. The summed E-state index contributed by atoms with van der Waals surface area (Å²) < 4.78 is 11.8. The van der Waals surface area contributed by atoms with Gasteiger partial charge in [0.1, 0.15) is 17.2 Å². The van der Waals surface area contributed by atoms with E-state index in [1.54, 1.807) is 0 Å². The maximum atomic E-state index is 5.95. The molecule has 2 aromatic rings. The van der Waals surface area contributed by atoms with Gasteiger partial charge in [-0.05, 0) is 80.6 Å². The maximum Gasteiger partial charge on any atom is 0.127 e. The molecule has 3 nitrogen and oxygen atoms in total. The molecule has 25 heavy (non-hydrogen) atoms. The molecule has 2 aromatic carbocycles. The summed E-state index contributed by atoms with van der Waals surface area (Å²) in [6, 6.07) is 17.8. The largest absolute Gasteiger partial charge is 0.494 e. The number of halogens is 1. The van der Waals surface area contributed by atoms with Gasteiger partial charge in [-0.15, -0.1) is 12.4 Å². The van der Waals surface area contributed by atoms with Crippen LogP contribution in [-0.4, -0.2) is 31.1 Å². The van der Waals surface area contributed by atoms with Gasteiger partial charge in [0.05, 0.1) is 6.61 Å². The van der Waals surface area contributed by atoms with Crippen LogP contribution in [0.25, 0.3) is 0 Å². The molecule has 3 aliphatic rings. The van der Waals surface area contributed by atoms with Crippen LogP contribution in [0.5, 0.6) is 17.2 Å². The van der Waals surface area contributed by atoms with Crippen molar-refractivity contribution in [2.45, 2.75) is 19.3 Å². The predicted molar refractivity (Wildman–Crippen MR) is 103 cm³/mol. The molecule has 0 N–H and O–H groups in total. The van der Waals surface area contributed by atoms with Crippen LogP contribution in [0.2, 0.25) is 0 Å². The van der Waals surface area contributed by atoms with E-state index >= 15 is 0 Å². The topological polar surface area (TPSA) is 21.7 Å². The standard InChI is InChI=1S/C21H25NO2.ClH/c1-2-4-20(5-3-1)24-21-8-6-19(7-9-21)23-15-12-18-16-22-13-10-17(18)11-14-22;/h1-9,17-18H,10-16H2;1H. The van der Waals surface area contributed by atoms with E-state index < -0.39 is 0 Å². The zero-order valence-electron chi connectivity index (χ0n) is 14.5. The molecule has 1 unspecified atom stereocenters. The van der Waals surface area contributed by atoms with Gasteiger partial charge < -0.3 is 14.4 Å². The second kappa shape index (κ2) is 8.59. The van der Waals surface area contributed by atoms with Crippen LogP contribution in [0.3, 0.4) is 0 Å². The number of hydrogen-bond acceptors (Lipinski definition) is 3. The molecular weight excluding hydrogens is 334 g/mol. The molecule has 0 saturated carbocycles. The third-order valence-corrected chi connectivity index (χ3v) is 5.35. The summed E-state index contributed by atoms with van der Waals surface area (Å²) in [5.41, 5.74) is 0. The Balaban J connectivity index is 0.00000182. The van der Waals surface area contributed by atoms with Crippen molar-refractivity contribution in [3.05, 3.63) is 54.6 Å². The fourth-order valence-corrected chi connectivity index (χ4v) is 3.97. The van der Waals surface area contributed by atoms with Crippen molar-refractivity contribution in [1.82, 2.24) is 4.90 Å². The van der Waals surface area contributed by atoms with Crippen LogP contribution in [0, 0.1) is 11.8 Å². The van der Waals surface area contributed by atoms with Crippen LogP contribution < -0.4 is 9.47 Å². The number of nitrogens with zero attached hydrogens (tertiary/aromatic N) is 1. The minimum absolute atomic E-state index is 0. The summed E-state index contributed by atoms with van der Waals surface area (Å²) in [4.78, 5) is 2.61. The molecule has 0 spiro atoms. The van der Waals surface area contributed by atoms with E-state index in [1.165, 1.54) is 38.9 Å². The predicted octanol–water partition coefficient (Wildman–Crippen LogP) is 5.01. The summed E-state index contributed by atoms with van der Waals surface area (Å²) >= 11 is 0. The molecule has 4 heteroatoms. The van der Waals surface area contributed by atoms with E-state index in [0.717, 1.165) is 35.7 Å². The molecule has 0 amide bonds. The van der Waals surface area contributed by atoms with Gasteiger partial charge in [-0.3, -0.25) is 0 Å². The Morgan fingerprint density at radius 2 is 1.48 bits per heavy atom. The van der Waals surface area contributed by atoms with Crippen molar-refractivity contribution in [3.63, 3.8) is 0 Å². The van der Waals surface area contributed by atoms with Gasteiger partial charge in [-0.2, -0.15) is 0 Å². The van der Waals surface area contributed by atoms with Crippen molar-refractivity contribution < 1.29 is 9.47 Å². The summed E-state index contributed by atoms with van der Waals surface area (Å²) in [5.74, 6) is 4.38. The summed E-state index contributed by atoms with van der Waals surface area (Å²) in [7, 11) is 0. The lowest BCUT2D eigenvalue weighted by Gasteiger charge is -2.44. The number of fused-ring (bicyclic) bond motifs is 3. The highest BCUT2D eigenvalue weighted by atomic mass is 35.5. The Kier molecular flexibility index (Phi) is 6.22. The second-order valence-corrected chi connectivity index (χ2v) is 6.92. The van der Waals surface area contributed by atoms with Crippen LogP contribution in [-0.2, 0) is 0 Å². The van der Waals surface area contributed by atoms with E-state index in [-0.39, 0.29) is 12.4 Å². The second-order valence-electron chi connectivity index (χ2n) is 6.92. The smallest absolute Gasteiger partial charge is 0.127 e. The minimum Gasteiger partial charge on any atom is -0.494 e. The van der Waals surface area contributed by atoms with E-state index in [2.05, 4.69) is 4.90 Å². The monoisotopic (exact) mass is 359 g/mol. The Morgan fingerprint density at radius 3 is 2.12 bits per heavy atom. The highest BCUT2D eigenvalue weighted by Gasteiger charge is 2.33. The van der Waals surface area contributed by atoms with Crippen molar-refractivity contribution >= 4 is 12.4 Å². The van der Waals surface area contributed by atoms with Gasteiger partial charge >= 0.3 is 0 Å². The Hall–Kier alpha value is -1.71. The van der Waals surface area contributed by atoms with Crippen LogP contribution in [0.4, 0.5) is 0 Å². The highest BCUT2D eigenvalue weighted by Crippen LogP contribution is 2.34. The fourth-order valence-electron chi connectivity index (χ4n) is 3.97. The number of hydrogen-bond donors (Lipinski definition) is 0.